The minimum Gasteiger partial charge on any atom is -0.493 e. The summed E-state index contributed by atoms with van der Waals surface area (Å²) in [4.78, 5) is 25.8. The monoisotopic (exact) mass is 377 g/mol. The molecule has 1 heterocycles. The van der Waals surface area contributed by atoms with Gasteiger partial charge in [0.15, 0.2) is 18.1 Å². The fraction of sp³-hybridized carbons (Fsp3) is 0.500. The summed E-state index contributed by atoms with van der Waals surface area (Å²) in [7, 11) is 4.56. The molecule has 1 aromatic carbocycles. The molecule has 1 aliphatic heterocycles. The van der Waals surface area contributed by atoms with Crippen molar-refractivity contribution in [3.63, 3.8) is 0 Å². The number of hydrogen-bond acceptors (Lipinski definition) is 6. The molecule has 0 bridgehead atoms. The second kappa shape index (κ2) is 9.85. The maximum atomic E-state index is 12.1. The van der Waals surface area contributed by atoms with Crippen LogP contribution in [0.15, 0.2) is 18.2 Å². The third kappa shape index (κ3) is 5.64. The molecule has 148 valence electrons. The van der Waals surface area contributed by atoms with Gasteiger partial charge in [-0.25, -0.2) is 4.79 Å². The zero-order valence-electron chi connectivity index (χ0n) is 16.3. The molecule has 0 radical (unpaired) electrons. The van der Waals surface area contributed by atoms with Crippen molar-refractivity contribution in [3.8, 4) is 17.2 Å². The van der Waals surface area contributed by atoms with Crippen LogP contribution < -0.4 is 14.2 Å². The van der Waals surface area contributed by atoms with E-state index in [1.165, 1.54) is 27.4 Å². The number of carbonyl (C=O) groups is 2. The smallest absolute Gasteiger partial charge is 0.331 e. The molecule has 0 aliphatic carbocycles. The van der Waals surface area contributed by atoms with Crippen molar-refractivity contribution in [2.24, 2.45) is 5.92 Å². The van der Waals surface area contributed by atoms with Crippen molar-refractivity contribution in [2.75, 3.05) is 41.0 Å². The standard InChI is InChI=1S/C20H27NO6/c1-14-7-9-21(10-8-14)18(22)13-27-19(23)6-5-15-11-16(24-2)20(26-4)17(12-15)25-3/h5-6,11-12,14H,7-10,13H2,1-4H3/b6-5+. The Balaban J connectivity index is 1.93. The van der Waals surface area contributed by atoms with Crippen molar-refractivity contribution >= 4 is 18.0 Å². The van der Waals surface area contributed by atoms with Gasteiger partial charge in [-0.05, 0) is 42.5 Å². The second-order valence-electron chi connectivity index (χ2n) is 6.46. The highest BCUT2D eigenvalue weighted by molar-refractivity contribution is 5.89. The number of benzene rings is 1. The van der Waals surface area contributed by atoms with Gasteiger partial charge in [0.25, 0.3) is 5.91 Å². The normalized spacial score (nSPS) is 14.9. The Bertz CT molecular complexity index is 667. The van der Waals surface area contributed by atoms with Gasteiger partial charge < -0.3 is 23.8 Å². The Kier molecular flexibility index (Phi) is 7.52. The van der Waals surface area contributed by atoms with Crippen LogP contribution in [-0.2, 0) is 14.3 Å². The van der Waals surface area contributed by atoms with Crippen LogP contribution in [0.3, 0.4) is 0 Å². The zero-order chi connectivity index (χ0) is 19.8. The summed E-state index contributed by atoms with van der Waals surface area (Å²) in [5.74, 6) is 1.34. The molecule has 0 spiro atoms. The highest BCUT2D eigenvalue weighted by Crippen LogP contribution is 2.38. The van der Waals surface area contributed by atoms with Gasteiger partial charge in [-0.3, -0.25) is 4.79 Å². The van der Waals surface area contributed by atoms with Crippen LogP contribution in [-0.4, -0.2) is 57.8 Å². The van der Waals surface area contributed by atoms with Gasteiger partial charge in [0.1, 0.15) is 0 Å². The Morgan fingerprint density at radius 2 is 1.67 bits per heavy atom. The fourth-order valence-corrected chi connectivity index (χ4v) is 2.89. The Hall–Kier alpha value is -2.70. The molecule has 0 aromatic heterocycles. The van der Waals surface area contributed by atoms with E-state index in [-0.39, 0.29) is 12.5 Å². The molecule has 1 saturated heterocycles. The number of likely N-dealkylation sites (tertiary alicyclic amines) is 1. The number of ether oxygens (including phenoxy) is 4. The van der Waals surface area contributed by atoms with Crippen molar-refractivity contribution in [2.45, 2.75) is 19.8 Å². The zero-order valence-corrected chi connectivity index (χ0v) is 16.3. The van der Waals surface area contributed by atoms with E-state index in [2.05, 4.69) is 6.92 Å². The third-order valence-corrected chi connectivity index (χ3v) is 4.57. The lowest BCUT2D eigenvalue weighted by molar-refractivity contribution is -0.148. The van der Waals surface area contributed by atoms with Gasteiger partial charge >= 0.3 is 5.97 Å². The molecule has 0 N–H and O–H groups in total. The fourth-order valence-electron chi connectivity index (χ4n) is 2.89. The first-order valence-corrected chi connectivity index (χ1v) is 8.91. The predicted octanol–water partition coefficient (Wildman–Crippen LogP) is 2.53. The first-order valence-electron chi connectivity index (χ1n) is 8.91. The van der Waals surface area contributed by atoms with E-state index in [4.69, 9.17) is 18.9 Å². The van der Waals surface area contributed by atoms with E-state index in [0.29, 0.717) is 28.7 Å². The SMILES string of the molecule is COc1cc(/C=C/C(=O)OCC(=O)N2CCC(C)CC2)cc(OC)c1OC. The average Bonchev–Trinajstić information content (AvgIpc) is 2.69. The van der Waals surface area contributed by atoms with Crippen LogP contribution in [0.1, 0.15) is 25.3 Å². The average molecular weight is 377 g/mol. The Morgan fingerprint density at radius 3 is 2.19 bits per heavy atom. The first-order chi connectivity index (χ1) is 13.0. The molecule has 1 aliphatic rings. The molecular weight excluding hydrogens is 350 g/mol. The highest BCUT2D eigenvalue weighted by Gasteiger charge is 2.20. The summed E-state index contributed by atoms with van der Waals surface area (Å²) >= 11 is 0. The van der Waals surface area contributed by atoms with Gasteiger partial charge in [0.2, 0.25) is 5.75 Å². The minimum atomic E-state index is -0.581. The van der Waals surface area contributed by atoms with Gasteiger partial charge in [-0.1, -0.05) is 6.92 Å². The van der Waals surface area contributed by atoms with Crippen molar-refractivity contribution in [1.82, 2.24) is 4.90 Å². The van der Waals surface area contributed by atoms with E-state index in [1.807, 2.05) is 0 Å². The summed E-state index contributed by atoms with van der Waals surface area (Å²) in [6.07, 6.45) is 4.81. The van der Waals surface area contributed by atoms with Crippen molar-refractivity contribution in [1.29, 1.82) is 0 Å². The summed E-state index contributed by atoms with van der Waals surface area (Å²) in [5, 5.41) is 0. The molecular formula is C20H27NO6. The number of amides is 1. The molecule has 1 aromatic rings. The van der Waals surface area contributed by atoms with Gasteiger partial charge in [0, 0.05) is 19.2 Å². The number of esters is 1. The van der Waals surface area contributed by atoms with Crippen LogP contribution >= 0.6 is 0 Å². The van der Waals surface area contributed by atoms with Crippen LogP contribution in [0.25, 0.3) is 6.08 Å². The summed E-state index contributed by atoms with van der Waals surface area (Å²) < 4.78 is 20.9. The lowest BCUT2D eigenvalue weighted by atomic mass is 9.99. The van der Waals surface area contributed by atoms with E-state index >= 15 is 0 Å². The van der Waals surface area contributed by atoms with Crippen LogP contribution in [0.5, 0.6) is 17.2 Å². The Labute approximate surface area is 159 Å². The van der Waals surface area contributed by atoms with E-state index in [1.54, 1.807) is 23.1 Å². The molecule has 1 fully saturated rings. The van der Waals surface area contributed by atoms with Crippen molar-refractivity contribution in [3.05, 3.63) is 23.8 Å². The van der Waals surface area contributed by atoms with E-state index in [0.717, 1.165) is 25.9 Å². The molecule has 1 amide bonds. The molecule has 2 rings (SSSR count). The van der Waals surface area contributed by atoms with Crippen molar-refractivity contribution < 1.29 is 28.5 Å². The van der Waals surface area contributed by atoms with Crippen LogP contribution in [0.4, 0.5) is 0 Å². The largest absolute Gasteiger partial charge is 0.493 e. The van der Waals surface area contributed by atoms with Gasteiger partial charge in [-0.15, -0.1) is 0 Å². The molecule has 7 heteroatoms. The maximum absolute atomic E-state index is 12.1. The summed E-state index contributed by atoms with van der Waals surface area (Å²) in [5.41, 5.74) is 0.679. The van der Waals surface area contributed by atoms with Crippen LogP contribution in [0, 0.1) is 5.92 Å². The first kappa shape index (κ1) is 20.6. The highest BCUT2D eigenvalue weighted by atomic mass is 16.5. The predicted molar refractivity (Wildman–Crippen MR) is 101 cm³/mol. The summed E-state index contributed by atoms with van der Waals surface area (Å²) in [6.45, 7) is 3.38. The summed E-state index contributed by atoms with van der Waals surface area (Å²) in [6, 6.07) is 3.43. The number of hydrogen-bond donors (Lipinski definition) is 0. The van der Waals surface area contributed by atoms with Gasteiger partial charge in [0.05, 0.1) is 21.3 Å². The number of methoxy groups -OCH3 is 3. The molecule has 0 unspecified atom stereocenters. The molecule has 27 heavy (non-hydrogen) atoms. The van der Waals surface area contributed by atoms with E-state index < -0.39 is 5.97 Å². The minimum absolute atomic E-state index is 0.156. The van der Waals surface area contributed by atoms with E-state index in [9.17, 15) is 9.59 Å². The second-order valence-corrected chi connectivity index (χ2v) is 6.46. The number of piperidine rings is 1. The quantitative estimate of drug-likeness (QED) is 0.537. The number of nitrogens with zero attached hydrogens (tertiary/aromatic N) is 1. The molecule has 7 nitrogen and oxygen atoms in total. The lowest BCUT2D eigenvalue weighted by Gasteiger charge is -2.30. The Morgan fingerprint density at radius 1 is 1.07 bits per heavy atom. The van der Waals surface area contributed by atoms with Crippen LogP contribution in [0.2, 0.25) is 0 Å². The van der Waals surface area contributed by atoms with Gasteiger partial charge in [-0.2, -0.15) is 0 Å². The molecule has 0 atom stereocenters. The molecule has 0 saturated carbocycles. The topological polar surface area (TPSA) is 74.3 Å². The number of rotatable bonds is 7. The third-order valence-electron chi connectivity index (χ3n) is 4.57. The lowest BCUT2D eigenvalue weighted by Crippen LogP contribution is -2.40. The number of carbonyl (C=O) groups excluding carboxylic acids is 2. The maximum Gasteiger partial charge on any atom is 0.331 e.